The van der Waals surface area contributed by atoms with Gasteiger partial charge in [-0.25, -0.2) is 0 Å². The number of hydrogen-bond donors (Lipinski definition) is 1. The highest BCUT2D eigenvalue weighted by Crippen LogP contribution is 2.31. The van der Waals surface area contributed by atoms with Crippen LogP contribution in [-0.4, -0.2) is 52.4 Å². The lowest BCUT2D eigenvalue weighted by Gasteiger charge is -2.38. The molecule has 0 aliphatic carbocycles. The van der Waals surface area contributed by atoms with Crippen molar-refractivity contribution in [2.24, 2.45) is 0 Å². The fourth-order valence-corrected chi connectivity index (χ4v) is 4.66. The van der Waals surface area contributed by atoms with E-state index in [1.807, 2.05) is 6.20 Å². The Balaban J connectivity index is 2.28. The van der Waals surface area contributed by atoms with E-state index in [0.29, 0.717) is 12.1 Å². The molecule has 0 spiro atoms. The summed E-state index contributed by atoms with van der Waals surface area (Å²) in [5.41, 5.74) is 1.31. The van der Waals surface area contributed by atoms with Crippen molar-refractivity contribution in [3.05, 3.63) is 16.4 Å². The third kappa shape index (κ3) is 4.24. The monoisotopic (exact) mass is 374 g/mol. The predicted octanol–water partition coefficient (Wildman–Crippen LogP) is 3.14. The quantitative estimate of drug-likeness (QED) is 0.794. The SMILES string of the molecule is CCCNC(c1c(Br)cnn1CCC)C1CSCCN1C. The molecular formula is C15H27BrN4S. The zero-order chi connectivity index (χ0) is 15.2. The van der Waals surface area contributed by atoms with E-state index in [9.17, 15) is 0 Å². The van der Waals surface area contributed by atoms with Gasteiger partial charge in [0.05, 0.1) is 22.4 Å². The molecule has 6 heteroatoms. The molecule has 21 heavy (non-hydrogen) atoms. The average molecular weight is 375 g/mol. The van der Waals surface area contributed by atoms with Crippen LogP contribution < -0.4 is 5.32 Å². The van der Waals surface area contributed by atoms with E-state index in [1.54, 1.807) is 0 Å². The molecule has 2 atom stereocenters. The summed E-state index contributed by atoms with van der Waals surface area (Å²) in [7, 11) is 2.25. The number of rotatable bonds is 7. The third-order valence-corrected chi connectivity index (χ3v) is 5.66. The van der Waals surface area contributed by atoms with Gasteiger partial charge in [0, 0.05) is 30.6 Å². The van der Waals surface area contributed by atoms with Crippen molar-refractivity contribution < 1.29 is 0 Å². The van der Waals surface area contributed by atoms with Crippen LogP contribution in [0.15, 0.2) is 10.7 Å². The molecular weight excluding hydrogens is 348 g/mol. The van der Waals surface area contributed by atoms with Crippen LogP contribution in [-0.2, 0) is 6.54 Å². The predicted molar refractivity (Wildman–Crippen MR) is 95.0 cm³/mol. The first-order chi connectivity index (χ1) is 10.2. The lowest BCUT2D eigenvalue weighted by atomic mass is 10.0. The number of likely N-dealkylation sites (N-methyl/N-ethyl adjacent to an activating group) is 1. The van der Waals surface area contributed by atoms with E-state index in [0.717, 1.165) is 30.4 Å². The van der Waals surface area contributed by atoms with E-state index in [1.165, 1.54) is 23.7 Å². The Morgan fingerprint density at radius 2 is 2.29 bits per heavy atom. The molecule has 0 bridgehead atoms. The number of thioether (sulfide) groups is 1. The van der Waals surface area contributed by atoms with Gasteiger partial charge in [-0.05, 0) is 42.4 Å². The van der Waals surface area contributed by atoms with Crippen LogP contribution in [0.3, 0.4) is 0 Å². The van der Waals surface area contributed by atoms with Crippen molar-refractivity contribution in [2.75, 3.05) is 31.6 Å². The van der Waals surface area contributed by atoms with Crippen LogP contribution >= 0.6 is 27.7 Å². The number of nitrogens with zero attached hydrogens (tertiary/aromatic N) is 3. The van der Waals surface area contributed by atoms with Gasteiger partial charge in [0.15, 0.2) is 0 Å². The highest BCUT2D eigenvalue weighted by Gasteiger charge is 2.32. The van der Waals surface area contributed by atoms with Crippen molar-refractivity contribution in [1.82, 2.24) is 20.0 Å². The van der Waals surface area contributed by atoms with E-state index >= 15 is 0 Å². The molecule has 1 aromatic rings. The average Bonchev–Trinajstić information content (AvgIpc) is 2.83. The lowest BCUT2D eigenvalue weighted by Crippen LogP contribution is -2.48. The van der Waals surface area contributed by atoms with Gasteiger partial charge >= 0.3 is 0 Å². The minimum absolute atomic E-state index is 0.339. The second-order valence-corrected chi connectivity index (χ2v) is 7.66. The van der Waals surface area contributed by atoms with Gasteiger partial charge in [-0.3, -0.25) is 9.58 Å². The van der Waals surface area contributed by atoms with Crippen molar-refractivity contribution in [1.29, 1.82) is 0 Å². The maximum absolute atomic E-state index is 4.56. The third-order valence-electron chi connectivity index (χ3n) is 4.01. The first kappa shape index (κ1) is 17.3. The first-order valence-electron chi connectivity index (χ1n) is 7.91. The molecule has 2 heterocycles. The van der Waals surface area contributed by atoms with Crippen molar-refractivity contribution in [3.63, 3.8) is 0 Å². The van der Waals surface area contributed by atoms with E-state index < -0.39 is 0 Å². The number of halogens is 1. The molecule has 4 nitrogen and oxygen atoms in total. The van der Waals surface area contributed by atoms with Gasteiger partial charge in [0.1, 0.15) is 0 Å². The molecule has 1 aromatic heterocycles. The maximum atomic E-state index is 4.56. The molecule has 1 fully saturated rings. The molecule has 0 aromatic carbocycles. The standard InChI is InChI=1S/C15H27BrN4S/c1-4-6-17-14(13-11-21-9-8-19(13)3)15-12(16)10-18-20(15)7-5-2/h10,13-14,17H,4-9,11H2,1-3H3. The Morgan fingerprint density at radius 3 is 2.95 bits per heavy atom. The second kappa shape index (κ2) is 8.56. The zero-order valence-electron chi connectivity index (χ0n) is 13.3. The summed E-state index contributed by atoms with van der Waals surface area (Å²) < 4.78 is 3.30. The van der Waals surface area contributed by atoms with Crippen LogP contribution in [0.1, 0.15) is 38.4 Å². The van der Waals surface area contributed by atoms with E-state index in [2.05, 4.69) is 68.6 Å². The number of aromatic nitrogens is 2. The molecule has 1 aliphatic rings. The van der Waals surface area contributed by atoms with Gasteiger partial charge in [0.25, 0.3) is 0 Å². The number of nitrogens with one attached hydrogen (secondary N) is 1. The highest BCUT2D eigenvalue weighted by atomic mass is 79.9. The summed E-state index contributed by atoms with van der Waals surface area (Å²) in [6, 6.07) is 0.866. The topological polar surface area (TPSA) is 33.1 Å². The molecule has 2 rings (SSSR count). The van der Waals surface area contributed by atoms with Gasteiger partial charge < -0.3 is 5.32 Å². The molecule has 0 radical (unpaired) electrons. The van der Waals surface area contributed by atoms with Crippen molar-refractivity contribution in [2.45, 2.75) is 45.3 Å². The summed E-state index contributed by atoms with van der Waals surface area (Å²) in [5, 5.41) is 8.32. The maximum Gasteiger partial charge on any atom is 0.0712 e. The summed E-state index contributed by atoms with van der Waals surface area (Å²) in [5.74, 6) is 2.42. The molecule has 2 unspecified atom stereocenters. The number of aryl methyl sites for hydroxylation is 1. The molecule has 1 saturated heterocycles. The molecule has 1 N–H and O–H groups in total. The lowest BCUT2D eigenvalue weighted by molar-refractivity contribution is 0.209. The largest absolute Gasteiger partial charge is 0.307 e. The van der Waals surface area contributed by atoms with Crippen molar-refractivity contribution in [3.8, 4) is 0 Å². The molecule has 1 aliphatic heterocycles. The summed E-state index contributed by atoms with van der Waals surface area (Å²) in [6.07, 6.45) is 4.21. The molecule has 120 valence electrons. The minimum atomic E-state index is 0.339. The Labute approximate surface area is 141 Å². The van der Waals surface area contributed by atoms with E-state index in [4.69, 9.17) is 0 Å². The van der Waals surface area contributed by atoms with Crippen LogP contribution in [0.4, 0.5) is 0 Å². The summed E-state index contributed by atoms with van der Waals surface area (Å²) in [4.78, 5) is 2.50. The number of hydrogen-bond acceptors (Lipinski definition) is 4. The fourth-order valence-electron chi connectivity index (χ4n) is 2.84. The van der Waals surface area contributed by atoms with Crippen molar-refractivity contribution >= 4 is 27.7 Å². The fraction of sp³-hybridized carbons (Fsp3) is 0.800. The Kier molecular flexibility index (Phi) is 7.05. The molecule has 0 amide bonds. The van der Waals surface area contributed by atoms with Crippen LogP contribution in [0.25, 0.3) is 0 Å². The molecule has 0 saturated carbocycles. The first-order valence-corrected chi connectivity index (χ1v) is 9.86. The van der Waals surface area contributed by atoms with Gasteiger partial charge in [0.2, 0.25) is 0 Å². The second-order valence-electron chi connectivity index (χ2n) is 5.66. The Hall–Kier alpha value is -0.0400. The smallest absolute Gasteiger partial charge is 0.0712 e. The van der Waals surface area contributed by atoms with Gasteiger partial charge in [-0.2, -0.15) is 16.9 Å². The Bertz CT molecular complexity index is 437. The highest BCUT2D eigenvalue weighted by molar-refractivity contribution is 9.10. The van der Waals surface area contributed by atoms with Crippen LogP contribution in [0, 0.1) is 0 Å². The van der Waals surface area contributed by atoms with Crippen LogP contribution in [0.5, 0.6) is 0 Å². The minimum Gasteiger partial charge on any atom is -0.307 e. The van der Waals surface area contributed by atoms with Crippen LogP contribution in [0.2, 0.25) is 0 Å². The Morgan fingerprint density at radius 1 is 1.48 bits per heavy atom. The summed E-state index contributed by atoms with van der Waals surface area (Å²) in [6.45, 7) is 7.62. The zero-order valence-corrected chi connectivity index (χ0v) is 15.7. The van der Waals surface area contributed by atoms with E-state index in [-0.39, 0.29) is 0 Å². The van der Waals surface area contributed by atoms with Gasteiger partial charge in [-0.15, -0.1) is 0 Å². The summed E-state index contributed by atoms with van der Waals surface area (Å²) >= 11 is 5.78. The normalized spacial score (nSPS) is 21.6. The van der Waals surface area contributed by atoms with Gasteiger partial charge in [-0.1, -0.05) is 13.8 Å².